The fourth-order valence-electron chi connectivity index (χ4n) is 3.59. The molecule has 0 aromatic heterocycles. The van der Waals surface area contributed by atoms with E-state index in [2.05, 4.69) is 5.32 Å². The maximum absolute atomic E-state index is 13.6. The molecule has 0 radical (unpaired) electrons. The van der Waals surface area contributed by atoms with E-state index in [4.69, 9.17) is 0 Å². The highest BCUT2D eigenvalue weighted by Crippen LogP contribution is 2.20. The fourth-order valence-corrected chi connectivity index (χ4v) is 4.44. The average Bonchev–Trinajstić information content (AvgIpc) is 2.77. The van der Waals surface area contributed by atoms with Crippen molar-refractivity contribution in [2.45, 2.75) is 59.2 Å². The van der Waals surface area contributed by atoms with Gasteiger partial charge in [-0.3, -0.25) is 13.9 Å². The Kier molecular flexibility index (Phi) is 9.61. The van der Waals surface area contributed by atoms with Crippen LogP contribution in [0.25, 0.3) is 0 Å². The van der Waals surface area contributed by atoms with E-state index in [1.807, 2.05) is 52.0 Å². The van der Waals surface area contributed by atoms with Crippen LogP contribution in [0.2, 0.25) is 0 Å². The molecule has 0 aliphatic heterocycles. The Morgan fingerprint density at radius 2 is 1.71 bits per heavy atom. The third-order valence-electron chi connectivity index (χ3n) is 5.62. The standard InChI is InChI=1S/C25H34FN3O4S/c1-6-19(4)27-25(31)23(7-2)28(16-20-10-8-9-18(3)15-20)24(30)17-29(34(5,32)33)22-13-11-21(26)12-14-22/h8-15,19,23H,6-7,16-17H2,1-5H3,(H,27,31)/t19-,23+/m0/s1. The van der Waals surface area contributed by atoms with Gasteiger partial charge in [0.1, 0.15) is 18.4 Å². The SMILES string of the molecule is CC[C@H](C(=O)N[C@@H](C)CC)N(Cc1cccc(C)c1)C(=O)CN(c1ccc(F)cc1)S(C)(=O)=O. The summed E-state index contributed by atoms with van der Waals surface area (Å²) in [5.74, 6) is -1.33. The smallest absolute Gasteiger partial charge is 0.244 e. The summed E-state index contributed by atoms with van der Waals surface area (Å²) in [5.41, 5.74) is 2.01. The van der Waals surface area contributed by atoms with E-state index in [1.165, 1.54) is 17.0 Å². The van der Waals surface area contributed by atoms with Crippen LogP contribution in [0.1, 0.15) is 44.7 Å². The number of nitrogens with one attached hydrogen (secondary N) is 1. The van der Waals surface area contributed by atoms with Gasteiger partial charge in [0.25, 0.3) is 0 Å². The van der Waals surface area contributed by atoms with E-state index in [0.29, 0.717) is 6.42 Å². The first-order chi connectivity index (χ1) is 16.0. The maximum atomic E-state index is 13.6. The molecule has 2 aromatic rings. The van der Waals surface area contributed by atoms with Crippen LogP contribution < -0.4 is 9.62 Å². The van der Waals surface area contributed by atoms with E-state index in [0.717, 1.165) is 40.2 Å². The van der Waals surface area contributed by atoms with Gasteiger partial charge in [0.05, 0.1) is 11.9 Å². The van der Waals surface area contributed by atoms with Crippen molar-refractivity contribution < 1.29 is 22.4 Å². The lowest BCUT2D eigenvalue weighted by Crippen LogP contribution is -2.53. The largest absolute Gasteiger partial charge is 0.352 e. The maximum Gasteiger partial charge on any atom is 0.244 e. The first-order valence-electron chi connectivity index (χ1n) is 11.3. The zero-order valence-corrected chi connectivity index (χ0v) is 21.2. The molecule has 9 heteroatoms. The van der Waals surface area contributed by atoms with Crippen molar-refractivity contribution in [3.05, 3.63) is 65.5 Å². The molecule has 0 saturated heterocycles. The number of sulfonamides is 1. The molecule has 0 bridgehead atoms. The fraction of sp³-hybridized carbons (Fsp3) is 0.440. The Balaban J connectivity index is 2.43. The molecule has 2 aromatic carbocycles. The summed E-state index contributed by atoms with van der Waals surface area (Å²) in [5, 5.41) is 2.93. The van der Waals surface area contributed by atoms with E-state index < -0.39 is 34.3 Å². The zero-order chi connectivity index (χ0) is 25.5. The summed E-state index contributed by atoms with van der Waals surface area (Å²) in [7, 11) is -3.85. The number of nitrogens with zero attached hydrogens (tertiary/aromatic N) is 2. The van der Waals surface area contributed by atoms with Crippen molar-refractivity contribution >= 4 is 27.5 Å². The van der Waals surface area contributed by atoms with Gasteiger partial charge in [0.15, 0.2) is 0 Å². The van der Waals surface area contributed by atoms with Crippen molar-refractivity contribution in [2.24, 2.45) is 0 Å². The number of halogens is 1. The van der Waals surface area contributed by atoms with Crippen LogP contribution in [0.3, 0.4) is 0 Å². The van der Waals surface area contributed by atoms with Gasteiger partial charge < -0.3 is 10.2 Å². The summed E-state index contributed by atoms with van der Waals surface area (Å²) >= 11 is 0. The molecule has 0 spiro atoms. The summed E-state index contributed by atoms with van der Waals surface area (Å²) in [6, 6.07) is 11.6. The number of hydrogen-bond donors (Lipinski definition) is 1. The molecule has 0 aliphatic rings. The van der Waals surface area contributed by atoms with Crippen molar-refractivity contribution in [3.8, 4) is 0 Å². The Labute approximate surface area is 202 Å². The molecule has 2 rings (SSSR count). The number of rotatable bonds is 11. The van der Waals surface area contributed by atoms with Gasteiger partial charge in [-0.05, 0) is 56.5 Å². The minimum atomic E-state index is -3.85. The predicted octanol–water partition coefficient (Wildman–Crippen LogP) is 3.62. The van der Waals surface area contributed by atoms with Crippen molar-refractivity contribution in [1.82, 2.24) is 10.2 Å². The molecule has 2 atom stereocenters. The molecule has 186 valence electrons. The third kappa shape index (κ3) is 7.55. The highest BCUT2D eigenvalue weighted by molar-refractivity contribution is 7.92. The number of benzene rings is 2. The number of carbonyl (C=O) groups excluding carboxylic acids is 2. The summed E-state index contributed by atoms with van der Waals surface area (Å²) in [6.45, 7) is 7.22. The molecule has 7 nitrogen and oxygen atoms in total. The molecule has 1 N–H and O–H groups in total. The van der Waals surface area contributed by atoms with Crippen LogP contribution in [0.5, 0.6) is 0 Å². The quantitative estimate of drug-likeness (QED) is 0.520. The van der Waals surface area contributed by atoms with Gasteiger partial charge in [-0.2, -0.15) is 0 Å². The third-order valence-corrected chi connectivity index (χ3v) is 6.76. The Morgan fingerprint density at radius 1 is 1.06 bits per heavy atom. The average molecular weight is 492 g/mol. The molecular formula is C25H34FN3O4S. The lowest BCUT2D eigenvalue weighted by atomic mass is 10.1. The van der Waals surface area contributed by atoms with Crippen LogP contribution in [0.15, 0.2) is 48.5 Å². The first kappa shape index (κ1) is 27.3. The summed E-state index contributed by atoms with van der Waals surface area (Å²) in [4.78, 5) is 28.0. The van der Waals surface area contributed by atoms with Crippen LogP contribution in [0.4, 0.5) is 10.1 Å². The zero-order valence-electron chi connectivity index (χ0n) is 20.4. The highest BCUT2D eigenvalue weighted by Gasteiger charge is 2.32. The Bertz CT molecular complexity index is 1090. The van der Waals surface area contributed by atoms with Crippen LogP contribution in [-0.4, -0.2) is 50.0 Å². The van der Waals surface area contributed by atoms with Crippen LogP contribution in [-0.2, 0) is 26.2 Å². The van der Waals surface area contributed by atoms with E-state index in [-0.39, 0.29) is 24.2 Å². The molecule has 0 aliphatic carbocycles. The van der Waals surface area contributed by atoms with Crippen LogP contribution in [0, 0.1) is 12.7 Å². The minimum absolute atomic E-state index is 0.0656. The first-order valence-corrected chi connectivity index (χ1v) is 13.2. The monoisotopic (exact) mass is 491 g/mol. The van der Waals surface area contributed by atoms with Crippen molar-refractivity contribution in [2.75, 3.05) is 17.1 Å². The van der Waals surface area contributed by atoms with Gasteiger partial charge in [-0.15, -0.1) is 0 Å². The molecule has 0 fully saturated rings. The number of amides is 2. The van der Waals surface area contributed by atoms with Crippen molar-refractivity contribution in [1.29, 1.82) is 0 Å². The molecule has 0 saturated carbocycles. The van der Waals surface area contributed by atoms with Gasteiger partial charge in [0.2, 0.25) is 21.8 Å². The second-order valence-electron chi connectivity index (χ2n) is 8.50. The molecule has 2 amide bonds. The van der Waals surface area contributed by atoms with Gasteiger partial charge in [0, 0.05) is 12.6 Å². The number of carbonyl (C=O) groups is 2. The van der Waals surface area contributed by atoms with Gasteiger partial charge in [-0.1, -0.05) is 43.7 Å². The molecule has 0 heterocycles. The van der Waals surface area contributed by atoms with E-state index in [1.54, 1.807) is 0 Å². The molecular weight excluding hydrogens is 457 g/mol. The predicted molar refractivity (Wildman–Crippen MR) is 132 cm³/mol. The number of aryl methyl sites for hydroxylation is 1. The normalized spacial score (nSPS) is 13.1. The second kappa shape index (κ2) is 12.0. The van der Waals surface area contributed by atoms with Crippen molar-refractivity contribution in [3.63, 3.8) is 0 Å². The van der Waals surface area contributed by atoms with Gasteiger partial charge in [-0.25, -0.2) is 12.8 Å². The Hall–Kier alpha value is -2.94. The second-order valence-corrected chi connectivity index (χ2v) is 10.4. The Morgan fingerprint density at radius 3 is 2.24 bits per heavy atom. The van der Waals surface area contributed by atoms with E-state index in [9.17, 15) is 22.4 Å². The molecule has 0 unspecified atom stereocenters. The summed E-state index contributed by atoms with van der Waals surface area (Å²) in [6.07, 6.45) is 2.08. The van der Waals surface area contributed by atoms with Crippen LogP contribution >= 0.6 is 0 Å². The van der Waals surface area contributed by atoms with Gasteiger partial charge >= 0.3 is 0 Å². The topological polar surface area (TPSA) is 86.8 Å². The van der Waals surface area contributed by atoms with E-state index >= 15 is 0 Å². The lowest BCUT2D eigenvalue weighted by Gasteiger charge is -2.33. The lowest BCUT2D eigenvalue weighted by molar-refractivity contribution is -0.140. The highest BCUT2D eigenvalue weighted by atomic mass is 32.2. The molecule has 34 heavy (non-hydrogen) atoms. The minimum Gasteiger partial charge on any atom is -0.352 e. The number of hydrogen-bond acceptors (Lipinski definition) is 4. The number of anilines is 1. The summed E-state index contributed by atoms with van der Waals surface area (Å²) < 4.78 is 39.4.